The molecule has 1 aliphatic heterocycles. The number of benzene rings is 1. The monoisotopic (exact) mass is 337 g/mol. The minimum Gasteiger partial charge on any atom is -0.368 e. The first-order valence-electron chi connectivity index (χ1n) is 7.68. The fourth-order valence-corrected chi connectivity index (χ4v) is 2.63. The van der Waals surface area contributed by atoms with Crippen LogP contribution in [0, 0.1) is 18.6 Å². The zero-order chi connectivity index (χ0) is 17.1. The van der Waals surface area contributed by atoms with E-state index in [0.29, 0.717) is 37.6 Å². The van der Waals surface area contributed by atoms with Gasteiger partial charge in [-0.1, -0.05) is 5.16 Å². The summed E-state index contributed by atoms with van der Waals surface area (Å²) in [6.45, 7) is 2.95. The minimum atomic E-state index is -1.02. The van der Waals surface area contributed by atoms with Gasteiger partial charge in [-0.15, -0.1) is 0 Å². The van der Waals surface area contributed by atoms with Crippen LogP contribution in [0.1, 0.15) is 34.9 Å². The summed E-state index contributed by atoms with van der Waals surface area (Å²) in [6, 6.07) is 3.18. The van der Waals surface area contributed by atoms with Gasteiger partial charge in [-0.3, -0.25) is 4.79 Å². The smallest absolute Gasteiger partial charge is 0.253 e. The number of aromatic nitrogens is 2. The molecule has 1 aromatic carbocycles. The molecule has 3 rings (SSSR count). The van der Waals surface area contributed by atoms with Gasteiger partial charge in [-0.2, -0.15) is 4.98 Å². The molecule has 1 aliphatic rings. The number of amides is 1. The van der Waals surface area contributed by atoms with E-state index >= 15 is 0 Å². The Labute approximate surface area is 137 Å². The van der Waals surface area contributed by atoms with Crippen molar-refractivity contribution in [2.75, 3.05) is 13.1 Å². The highest BCUT2D eigenvalue weighted by molar-refractivity contribution is 5.94. The van der Waals surface area contributed by atoms with E-state index in [1.165, 1.54) is 6.07 Å². The number of likely N-dealkylation sites (tertiary alicyclic amines) is 1. The molecule has 0 N–H and O–H groups in total. The van der Waals surface area contributed by atoms with Crippen LogP contribution in [-0.2, 0) is 11.3 Å². The summed E-state index contributed by atoms with van der Waals surface area (Å²) in [5, 5.41) is 3.69. The van der Waals surface area contributed by atoms with Crippen molar-refractivity contribution in [2.45, 2.75) is 32.5 Å². The Morgan fingerprint density at radius 2 is 2.08 bits per heavy atom. The molecule has 1 amide bonds. The average Bonchev–Trinajstić information content (AvgIpc) is 3.01. The third-order valence-corrected chi connectivity index (χ3v) is 3.91. The lowest BCUT2D eigenvalue weighted by Gasteiger charge is -2.31. The Kier molecular flexibility index (Phi) is 4.84. The summed E-state index contributed by atoms with van der Waals surface area (Å²) in [6.07, 6.45) is 1.30. The second-order valence-corrected chi connectivity index (χ2v) is 5.67. The number of aryl methyl sites for hydroxylation is 1. The van der Waals surface area contributed by atoms with Crippen molar-refractivity contribution in [3.63, 3.8) is 0 Å². The van der Waals surface area contributed by atoms with Crippen molar-refractivity contribution in [3.8, 4) is 0 Å². The van der Waals surface area contributed by atoms with Gasteiger partial charge in [-0.25, -0.2) is 8.78 Å². The zero-order valence-corrected chi connectivity index (χ0v) is 13.2. The van der Waals surface area contributed by atoms with Crippen LogP contribution in [0.5, 0.6) is 0 Å². The molecule has 0 spiro atoms. The molecule has 128 valence electrons. The summed E-state index contributed by atoms with van der Waals surface area (Å²) in [4.78, 5) is 18.0. The van der Waals surface area contributed by atoms with Crippen LogP contribution in [0.25, 0.3) is 0 Å². The van der Waals surface area contributed by atoms with Crippen molar-refractivity contribution >= 4 is 5.91 Å². The van der Waals surface area contributed by atoms with E-state index in [1.807, 2.05) is 0 Å². The number of hydrogen-bond donors (Lipinski definition) is 0. The molecule has 0 aliphatic carbocycles. The Bertz CT molecular complexity index is 727. The van der Waals surface area contributed by atoms with E-state index in [9.17, 15) is 13.6 Å². The molecule has 0 radical (unpaired) electrons. The van der Waals surface area contributed by atoms with E-state index < -0.39 is 11.6 Å². The van der Waals surface area contributed by atoms with Crippen LogP contribution in [-0.4, -0.2) is 40.1 Å². The topological polar surface area (TPSA) is 68.5 Å². The van der Waals surface area contributed by atoms with Crippen molar-refractivity contribution in [1.82, 2.24) is 15.0 Å². The fourth-order valence-electron chi connectivity index (χ4n) is 2.63. The van der Waals surface area contributed by atoms with Crippen molar-refractivity contribution < 1.29 is 22.8 Å². The van der Waals surface area contributed by atoms with Gasteiger partial charge in [0.1, 0.15) is 6.61 Å². The highest BCUT2D eigenvalue weighted by atomic mass is 19.2. The molecular formula is C16H17F2N3O3. The van der Waals surface area contributed by atoms with Crippen LogP contribution >= 0.6 is 0 Å². The van der Waals surface area contributed by atoms with Gasteiger partial charge in [0.05, 0.1) is 6.10 Å². The Balaban J connectivity index is 1.50. The number of carbonyl (C=O) groups excluding carboxylic acids is 1. The highest BCUT2D eigenvalue weighted by Gasteiger charge is 2.25. The van der Waals surface area contributed by atoms with Crippen molar-refractivity contribution in [3.05, 3.63) is 47.1 Å². The first-order chi connectivity index (χ1) is 11.5. The van der Waals surface area contributed by atoms with E-state index in [2.05, 4.69) is 10.1 Å². The molecule has 8 heteroatoms. The summed E-state index contributed by atoms with van der Waals surface area (Å²) >= 11 is 0. The van der Waals surface area contributed by atoms with Gasteiger partial charge >= 0.3 is 0 Å². The lowest BCUT2D eigenvalue weighted by atomic mass is 10.1. The maximum Gasteiger partial charge on any atom is 0.253 e. The van der Waals surface area contributed by atoms with Crippen LogP contribution in [0.15, 0.2) is 22.7 Å². The van der Waals surface area contributed by atoms with Gasteiger partial charge in [0.15, 0.2) is 17.5 Å². The predicted octanol–water partition coefficient (Wildman–Crippen LogP) is 2.48. The number of rotatable bonds is 4. The lowest BCUT2D eigenvalue weighted by molar-refractivity contribution is -0.00978. The average molecular weight is 337 g/mol. The molecule has 0 bridgehead atoms. The number of hydrogen-bond acceptors (Lipinski definition) is 5. The molecule has 1 saturated heterocycles. The molecule has 2 aromatic rings. The van der Waals surface area contributed by atoms with Gasteiger partial charge in [0.2, 0.25) is 0 Å². The van der Waals surface area contributed by atoms with E-state index in [4.69, 9.17) is 9.26 Å². The fraction of sp³-hybridized carbons (Fsp3) is 0.438. The van der Waals surface area contributed by atoms with Crippen LogP contribution in [0.2, 0.25) is 0 Å². The Hall–Kier alpha value is -2.35. The van der Waals surface area contributed by atoms with Crippen molar-refractivity contribution in [1.29, 1.82) is 0 Å². The predicted molar refractivity (Wildman–Crippen MR) is 79.1 cm³/mol. The molecule has 0 unspecified atom stereocenters. The standard InChI is InChI=1S/C16H17F2N3O3/c1-10-19-15(24-20-10)9-23-12-4-6-21(7-5-12)16(22)11-2-3-13(17)14(18)8-11/h2-3,8,12H,4-7,9H2,1H3. The van der Waals surface area contributed by atoms with Crippen molar-refractivity contribution in [2.24, 2.45) is 0 Å². The Morgan fingerprint density at radius 3 is 2.71 bits per heavy atom. The summed E-state index contributed by atoms with van der Waals surface area (Å²) < 4.78 is 36.9. The lowest BCUT2D eigenvalue weighted by Crippen LogP contribution is -2.40. The van der Waals surface area contributed by atoms with Gasteiger partial charge in [0, 0.05) is 18.7 Å². The highest BCUT2D eigenvalue weighted by Crippen LogP contribution is 2.18. The molecule has 24 heavy (non-hydrogen) atoms. The first kappa shape index (κ1) is 16.5. The summed E-state index contributed by atoms with van der Waals surface area (Å²) in [7, 11) is 0. The Morgan fingerprint density at radius 1 is 1.33 bits per heavy atom. The van der Waals surface area contributed by atoms with Gasteiger partial charge < -0.3 is 14.2 Å². The minimum absolute atomic E-state index is 0.00814. The normalized spacial score (nSPS) is 15.7. The number of carbonyl (C=O) groups is 1. The molecule has 1 aromatic heterocycles. The molecular weight excluding hydrogens is 320 g/mol. The number of ether oxygens (including phenoxy) is 1. The third kappa shape index (κ3) is 3.76. The van der Waals surface area contributed by atoms with Gasteiger partial charge in [0.25, 0.3) is 11.8 Å². The van der Waals surface area contributed by atoms with Gasteiger partial charge in [-0.05, 0) is 38.0 Å². The number of halogens is 2. The van der Waals surface area contributed by atoms with Crippen LogP contribution in [0.4, 0.5) is 8.78 Å². The maximum atomic E-state index is 13.2. The second kappa shape index (κ2) is 7.04. The molecule has 0 atom stereocenters. The largest absolute Gasteiger partial charge is 0.368 e. The maximum absolute atomic E-state index is 13.2. The molecule has 2 heterocycles. The van der Waals surface area contributed by atoms with Crippen LogP contribution in [0.3, 0.4) is 0 Å². The van der Waals surface area contributed by atoms with E-state index in [1.54, 1.807) is 11.8 Å². The SMILES string of the molecule is Cc1noc(COC2CCN(C(=O)c3ccc(F)c(F)c3)CC2)n1. The molecule has 0 saturated carbocycles. The second-order valence-electron chi connectivity index (χ2n) is 5.67. The summed E-state index contributed by atoms with van der Waals surface area (Å²) in [5.41, 5.74) is 0.148. The van der Waals surface area contributed by atoms with E-state index in [0.717, 1.165) is 12.1 Å². The first-order valence-corrected chi connectivity index (χ1v) is 7.68. The molecule has 1 fully saturated rings. The zero-order valence-electron chi connectivity index (χ0n) is 13.2. The number of nitrogens with zero attached hydrogens (tertiary/aromatic N) is 3. The quantitative estimate of drug-likeness (QED) is 0.857. The van der Waals surface area contributed by atoms with E-state index in [-0.39, 0.29) is 24.2 Å². The van der Waals surface area contributed by atoms with Crippen LogP contribution < -0.4 is 0 Å². The summed E-state index contributed by atoms with van der Waals surface area (Å²) in [5.74, 6) is -1.31. The third-order valence-electron chi connectivity index (χ3n) is 3.91. The molecule has 6 nitrogen and oxygen atoms in total. The number of piperidine rings is 1.